The van der Waals surface area contributed by atoms with Gasteiger partial charge in [-0.2, -0.15) is 0 Å². The van der Waals surface area contributed by atoms with Crippen LogP contribution in [-0.2, 0) is 6.61 Å². The average Bonchev–Trinajstić information content (AvgIpc) is 2.73. The van der Waals surface area contributed by atoms with Gasteiger partial charge in [0.05, 0.1) is 7.11 Å². The summed E-state index contributed by atoms with van der Waals surface area (Å²) < 4.78 is 10.9. The van der Waals surface area contributed by atoms with Gasteiger partial charge in [0, 0.05) is 17.3 Å². The fraction of sp³-hybridized carbons (Fsp3) is 0.0909. The normalized spacial score (nSPS) is 10.0. The minimum absolute atomic E-state index is 0.209. The summed E-state index contributed by atoms with van der Waals surface area (Å²) in [7, 11) is 1.58. The average molecular weight is 392 g/mol. The van der Waals surface area contributed by atoms with Gasteiger partial charge >= 0.3 is 0 Å². The van der Waals surface area contributed by atoms with E-state index in [-0.39, 0.29) is 11.0 Å². The van der Waals surface area contributed by atoms with Crippen LogP contribution in [0.2, 0.25) is 0 Å². The third kappa shape index (κ3) is 5.56. The number of ether oxygens (including phenoxy) is 2. The SMILES string of the molecule is COc1ccc(C(=O)NC(=S)Nc2cccc(OCc3ccccc3)c2)cc1. The van der Waals surface area contributed by atoms with Crippen molar-refractivity contribution in [3.05, 3.63) is 90.0 Å². The highest BCUT2D eigenvalue weighted by Crippen LogP contribution is 2.19. The summed E-state index contributed by atoms with van der Waals surface area (Å²) in [5, 5.41) is 5.87. The number of hydrogen-bond donors (Lipinski definition) is 2. The smallest absolute Gasteiger partial charge is 0.257 e. The van der Waals surface area contributed by atoms with E-state index in [0.29, 0.717) is 23.7 Å². The lowest BCUT2D eigenvalue weighted by Crippen LogP contribution is -2.34. The number of nitrogens with one attached hydrogen (secondary N) is 2. The maximum absolute atomic E-state index is 12.3. The monoisotopic (exact) mass is 392 g/mol. The van der Waals surface area contributed by atoms with Crippen molar-refractivity contribution in [3.8, 4) is 11.5 Å². The van der Waals surface area contributed by atoms with Crippen LogP contribution in [0.5, 0.6) is 11.5 Å². The van der Waals surface area contributed by atoms with Gasteiger partial charge in [-0.05, 0) is 54.2 Å². The second-order valence-corrected chi connectivity index (χ2v) is 6.35. The van der Waals surface area contributed by atoms with Crippen molar-refractivity contribution in [2.45, 2.75) is 6.61 Å². The van der Waals surface area contributed by atoms with Crippen molar-refractivity contribution >= 4 is 28.9 Å². The minimum atomic E-state index is -0.295. The maximum atomic E-state index is 12.3. The molecule has 0 saturated heterocycles. The first-order valence-corrected chi connectivity index (χ1v) is 9.08. The Hall–Kier alpha value is -3.38. The Bertz CT molecular complexity index is 944. The van der Waals surface area contributed by atoms with E-state index < -0.39 is 0 Å². The van der Waals surface area contributed by atoms with Crippen molar-refractivity contribution in [2.75, 3.05) is 12.4 Å². The molecule has 28 heavy (non-hydrogen) atoms. The topological polar surface area (TPSA) is 59.6 Å². The molecule has 0 aliphatic heterocycles. The van der Waals surface area contributed by atoms with Crippen LogP contribution in [0.15, 0.2) is 78.9 Å². The third-order valence-electron chi connectivity index (χ3n) is 3.92. The zero-order valence-electron chi connectivity index (χ0n) is 15.3. The summed E-state index contributed by atoms with van der Waals surface area (Å²) in [4.78, 5) is 12.3. The minimum Gasteiger partial charge on any atom is -0.497 e. The Kier molecular flexibility index (Phi) is 6.59. The van der Waals surface area contributed by atoms with Crippen molar-refractivity contribution in [3.63, 3.8) is 0 Å². The summed E-state index contributed by atoms with van der Waals surface area (Å²) in [6, 6.07) is 24.1. The van der Waals surface area contributed by atoms with Crippen LogP contribution in [0.4, 0.5) is 5.69 Å². The summed E-state index contributed by atoms with van der Waals surface area (Å²) >= 11 is 5.24. The predicted molar refractivity (Wildman–Crippen MR) is 114 cm³/mol. The van der Waals surface area contributed by atoms with Crippen LogP contribution in [0, 0.1) is 0 Å². The number of hydrogen-bond acceptors (Lipinski definition) is 4. The van der Waals surface area contributed by atoms with Gasteiger partial charge in [0.25, 0.3) is 5.91 Å². The number of rotatable bonds is 6. The summed E-state index contributed by atoms with van der Waals surface area (Å²) in [5.74, 6) is 1.10. The zero-order chi connectivity index (χ0) is 19.8. The number of thiocarbonyl (C=S) groups is 1. The summed E-state index contributed by atoms with van der Waals surface area (Å²) in [5.41, 5.74) is 2.30. The highest BCUT2D eigenvalue weighted by molar-refractivity contribution is 7.80. The van der Waals surface area contributed by atoms with Gasteiger partial charge in [-0.1, -0.05) is 36.4 Å². The van der Waals surface area contributed by atoms with E-state index in [1.54, 1.807) is 31.4 Å². The molecular weight excluding hydrogens is 372 g/mol. The van der Waals surface area contributed by atoms with E-state index >= 15 is 0 Å². The molecule has 0 unspecified atom stereocenters. The Balaban J connectivity index is 1.55. The fourth-order valence-electron chi connectivity index (χ4n) is 2.48. The van der Waals surface area contributed by atoms with E-state index in [1.165, 1.54) is 0 Å². The molecule has 0 radical (unpaired) electrons. The molecule has 0 heterocycles. The zero-order valence-corrected chi connectivity index (χ0v) is 16.2. The number of carbonyl (C=O) groups excluding carboxylic acids is 1. The lowest BCUT2D eigenvalue weighted by molar-refractivity contribution is 0.0977. The van der Waals surface area contributed by atoms with Crippen LogP contribution in [0.1, 0.15) is 15.9 Å². The Morgan fingerprint density at radius 3 is 2.39 bits per heavy atom. The number of amides is 1. The number of benzene rings is 3. The Labute approximate surface area is 169 Å². The largest absolute Gasteiger partial charge is 0.497 e. The molecule has 2 N–H and O–H groups in total. The fourth-order valence-corrected chi connectivity index (χ4v) is 2.70. The molecule has 5 nitrogen and oxygen atoms in total. The number of carbonyl (C=O) groups is 1. The van der Waals surface area contributed by atoms with Crippen LogP contribution in [0.25, 0.3) is 0 Å². The van der Waals surface area contributed by atoms with Gasteiger partial charge in [0.1, 0.15) is 18.1 Å². The van der Waals surface area contributed by atoms with Gasteiger partial charge in [-0.3, -0.25) is 10.1 Å². The van der Waals surface area contributed by atoms with Crippen LogP contribution < -0.4 is 20.1 Å². The summed E-state index contributed by atoms with van der Waals surface area (Å²) in [6.07, 6.45) is 0. The Morgan fingerprint density at radius 1 is 0.929 bits per heavy atom. The molecule has 0 saturated carbocycles. The maximum Gasteiger partial charge on any atom is 0.257 e. The van der Waals surface area contributed by atoms with Crippen molar-refractivity contribution in [2.24, 2.45) is 0 Å². The van der Waals surface area contributed by atoms with Gasteiger partial charge in [-0.15, -0.1) is 0 Å². The molecule has 0 atom stereocenters. The molecule has 3 rings (SSSR count). The summed E-state index contributed by atoms with van der Waals surface area (Å²) in [6.45, 7) is 0.475. The number of methoxy groups -OCH3 is 1. The molecule has 0 bridgehead atoms. The molecule has 0 spiro atoms. The van der Waals surface area contributed by atoms with Crippen LogP contribution in [-0.4, -0.2) is 18.1 Å². The molecule has 0 aliphatic rings. The molecule has 1 amide bonds. The molecular formula is C22H20N2O3S. The first kappa shape index (κ1) is 19.4. The highest BCUT2D eigenvalue weighted by atomic mass is 32.1. The highest BCUT2D eigenvalue weighted by Gasteiger charge is 2.08. The molecule has 0 aliphatic carbocycles. The first-order valence-electron chi connectivity index (χ1n) is 8.67. The van der Waals surface area contributed by atoms with E-state index in [9.17, 15) is 4.79 Å². The molecule has 6 heteroatoms. The van der Waals surface area contributed by atoms with Crippen molar-refractivity contribution in [1.82, 2.24) is 5.32 Å². The second kappa shape index (κ2) is 9.53. The quantitative estimate of drug-likeness (QED) is 0.609. The van der Waals surface area contributed by atoms with Gasteiger partial charge in [-0.25, -0.2) is 0 Å². The van der Waals surface area contributed by atoms with E-state index in [0.717, 1.165) is 11.3 Å². The molecule has 0 aromatic heterocycles. The second-order valence-electron chi connectivity index (χ2n) is 5.94. The lowest BCUT2D eigenvalue weighted by atomic mass is 10.2. The predicted octanol–water partition coefficient (Wildman–Crippen LogP) is 4.40. The standard InChI is InChI=1S/C22H20N2O3S/c1-26-19-12-10-17(11-13-19)21(25)24-22(28)23-18-8-5-9-20(14-18)27-15-16-6-3-2-4-7-16/h2-14H,15H2,1H3,(H2,23,24,25,28). The molecule has 3 aromatic rings. The third-order valence-corrected chi connectivity index (χ3v) is 4.12. The molecule has 142 valence electrons. The van der Waals surface area contributed by atoms with Gasteiger partial charge in [0.15, 0.2) is 5.11 Å². The van der Waals surface area contributed by atoms with Gasteiger partial charge < -0.3 is 14.8 Å². The lowest BCUT2D eigenvalue weighted by Gasteiger charge is -2.12. The van der Waals surface area contributed by atoms with Crippen LogP contribution in [0.3, 0.4) is 0 Å². The molecule has 0 fully saturated rings. The Morgan fingerprint density at radius 2 is 1.68 bits per heavy atom. The van der Waals surface area contributed by atoms with Crippen LogP contribution >= 0.6 is 12.2 Å². The number of anilines is 1. The van der Waals surface area contributed by atoms with Crippen molar-refractivity contribution in [1.29, 1.82) is 0 Å². The van der Waals surface area contributed by atoms with E-state index in [2.05, 4.69) is 10.6 Å². The van der Waals surface area contributed by atoms with E-state index in [1.807, 2.05) is 54.6 Å². The molecule has 3 aromatic carbocycles. The van der Waals surface area contributed by atoms with Gasteiger partial charge in [0.2, 0.25) is 0 Å². The van der Waals surface area contributed by atoms with Crippen molar-refractivity contribution < 1.29 is 14.3 Å². The van der Waals surface area contributed by atoms with E-state index in [4.69, 9.17) is 21.7 Å². The first-order chi connectivity index (χ1) is 13.6.